The third-order valence-electron chi connectivity index (χ3n) is 3.92. The molecule has 0 fully saturated rings. The molecule has 2 rings (SSSR count). The van der Waals surface area contributed by atoms with Gasteiger partial charge >= 0.3 is 12.1 Å². The Morgan fingerprint density at radius 2 is 1.61 bits per heavy atom. The molecule has 1 aromatic rings. The molecule has 6 heteroatoms. The van der Waals surface area contributed by atoms with Crippen molar-refractivity contribution in [1.29, 1.82) is 0 Å². The molecule has 1 heterocycles. The quantitative estimate of drug-likeness (QED) is 0.634. The maximum Gasteiger partial charge on any atom is 0.375 e. The molecule has 0 unspecified atom stereocenters. The predicted octanol–water partition coefficient (Wildman–Crippen LogP) is 4.99. The number of nitrogens with zero attached hydrogens (tertiary/aromatic N) is 4. The van der Waals surface area contributed by atoms with Gasteiger partial charge in [-0.2, -0.15) is 0 Å². The molecule has 0 spiro atoms. The van der Waals surface area contributed by atoms with Crippen LogP contribution in [0.15, 0.2) is 34.5 Å². The first-order valence-electron chi connectivity index (χ1n) is 8.21. The molecule has 23 heavy (non-hydrogen) atoms. The van der Waals surface area contributed by atoms with Crippen molar-refractivity contribution in [3.63, 3.8) is 0 Å². The molecule has 0 N–H and O–H groups in total. The van der Waals surface area contributed by atoms with Gasteiger partial charge in [0.25, 0.3) is 0 Å². The van der Waals surface area contributed by atoms with Gasteiger partial charge < -0.3 is 4.90 Å². The summed E-state index contributed by atoms with van der Waals surface area (Å²) < 4.78 is 0. The average Bonchev–Trinajstić information content (AvgIpc) is 2.86. The lowest BCUT2D eigenvalue weighted by Crippen LogP contribution is -2.32. The number of azo groups is 1. The first-order valence-corrected chi connectivity index (χ1v) is 8.21. The van der Waals surface area contributed by atoms with Crippen molar-refractivity contribution in [3.8, 4) is 0 Å². The molecular weight excluding hydrogens is 292 g/mol. The summed E-state index contributed by atoms with van der Waals surface area (Å²) >= 11 is 0. The molecule has 0 aromatic heterocycles. The van der Waals surface area contributed by atoms with E-state index in [2.05, 4.69) is 35.9 Å². The number of urea groups is 2. The summed E-state index contributed by atoms with van der Waals surface area (Å²) in [6.45, 7) is 7.54. The first kappa shape index (κ1) is 17.1. The van der Waals surface area contributed by atoms with Gasteiger partial charge in [0, 0.05) is 18.3 Å². The molecule has 4 amide bonds. The summed E-state index contributed by atoms with van der Waals surface area (Å²) in [5.41, 5.74) is 1.59. The minimum Gasteiger partial charge on any atom is -0.369 e. The van der Waals surface area contributed by atoms with Crippen molar-refractivity contribution in [1.82, 2.24) is 0 Å². The second-order valence-corrected chi connectivity index (χ2v) is 5.96. The lowest BCUT2D eigenvalue weighted by Gasteiger charge is -2.29. The SMILES string of the molecule is CCCCCCN(c1ccc(N2C(=O)N=NC2=O)cc1)C(C)C. The number of amides is 4. The molecule has 0 saturated carbocycles. The van der Waals surface area contributed by atoms with Crippen molar-refractivity contribution < 1.29 is 9.59 Å². The van der Waals surface area contributed by atoms with Gasteiger partial charge in [0.15, 0.2) is 0 Å². The highest BCUT2D eigenvalue weighted by Crippen LogP contribution is 2.25. The van der Waals surface area contributed by atoms with E-state index >= 15 is 0 Å². The highest BCUT2D eigenvalue weighted by atomic mass is 16.2. The minimum absolute atomic E-state index is 0.391. The molecule has 1 aliphatic heterocycles. The van der Waals surface area contributed by atoms with Gasteiger partial charge in [-0.1, -0.05) is 36.4 Å². The minimum atomic E-state index is -0.636. The Balaban J connectivity index is 2.06. The third kappa shape index (κ3) is 4.15. The van der Waals surface area contributed by atoms with Crippen molar-refractivity contribution in [2.45, 2.75) is 52.5 Å². The van der Waals surface area contributed by atoms with Crippen LogP contribution >= 0.6 is 0 Å². The maximum atomic E-state index is 11.5. The van der Waals surface area contributed by atoms with Crippen LogP contribution in [0.3, 0.4) is 0 Å². The number of imide groups is 1. The molecule has 0 atom stereocenters. The number of carbonyl (C=O) groups excluding carboxylic acids is 2. The van der Waals surface area contributed by atoms with Gasteiger partial charge in [-0.25, -0.2) is 14.5 Å². The fourth-order valence-electron chi connectivity index (χ4n) is 2.67. The molecule has 0 aliphatic carbocycles. The zero-order valence-corrected chi connectivity index (χ0v) is 14.0. The number of unbranched alkanes of at least 4 members (excludes halogenated alkanes) is 3. The molecule has 124 valence electrons. The normalized spacial score (nSPS) is 14.2. The molecular formula is C17H24N4O2. The summed E-state index contributed by atoms with van der Waals surface area (Å²) in [5.74, 6) is 0. The van der Waals surface area contributed by atoms with Crippen molar-refractivity contribution in [2.75, 3.05) is 16.3 Å². The van der Waals surface area contributed by atoms with Crippen LogP contribution in [0.5, 0.6) is 0 Å². The molecule has 0 radical (unpaired) electrons. The second kappa shape index (κ2) is 7.85. The van der Waals surface area contributed by atoms with Gasteiger partial charge in [-0.15, -0.1) is 0 Å². The molecule has 1 aromatic carbocycles. The van der Waals surface area contributed by atoms with Crippen molar-refractivity contribution in [2.24, 2.45) is 10.2 Å². The van der Waals surface area contributed by atoms with Crippen LogP contribution < -0.4 is 9.80 Å². The number of hydrogen-bond donors (Lipinski definition) is 0. The number of benzene rings is 1. The monoisotopic (exact) mass is 316 g/mol. The van der Waals surface area contributed by atoms with E-state index in [4.69, 9.17) is 0 Å². The topological polar surface area (TPSA) is 65.3 Å². The summed E-state index contributed by atoms with van der Waals surface area (Å²) in [5, 5.41) is 6.54. The zero-order chi connectivity index (χ0) is 16.8. The van der Waals surface area contributed by atoms with Crippen LogP contribution in [0.25, 0.3) is 0 Å². The Bertz CT molecular complexity index is 563. The largest absolute Gasteiger partial charge is 0.375 e. The summed E-state index contributed by atoms with van der Waals surface area (Å²) in [7, 11) is 0. The van der Waals surface area contributed by atoms with Gasteiger partial charge in [-0.3, -0.25) is 0 Å². The van der Waals surface area contributed by atoms with Crippen molar-refractivity contribution in [3.05, 3.63) is 24.3 Å². The van der Waals surface area contributed by atoms with Crippen LogP contribution in [-0.4, -0.2) is 24.6 Å². The van der Waals surface area contributed by atoms with Gasteiger partial charge in [0.05, 0.1) is 5.69 Å². The lowest BCUT2D eigenvalue weighted by atomic mass is 10.1. The van der Waals surface area contributed by atoms with Gasteiger partial charge in [0.2, 0.25) is 0 Å². The van der Waals surface area contributed by atoms with E-state index in [9.17, 15) is 9.59 Å². The molecule has 1 aliphatic rings. The van der Waals surface area contributed by atoms with Crippen LogP contribution in [0, 0.1) is 0 Å². The second-order valence-electron chi connectivity index (χ2n) is 5.96. The fourth-order valence-corrected chi connectivity index (χ4v) is 2.67. The van der Waals surface area contributed by atoms with E-state index in [1.54, 1.807) is 12.1 Å². The van der Waals surface area contributed by atoms with E-state index in [1.807, 2.05) is 12.1 Å². The Hall–Kier alpha value is -2.24. The summed E-state index contributed by atoms with van der Waals surface area (Å²) in [4.78, 5) is 26.4. The highest BCUT2D eigenvalue weighted by molar-refractivity contribution is 6.17. The molecule has 0 saturated heterocycles. The van der Waals surface area contributed by atoms with Crippen molar-refractivity contribution >= 4 is 23.4 Å². The molecule has 0 bridgehead atoms. The Morgan fingerprint density at radius 1 is 1.00 bits per heavy atom. The summed E-state index contributed by atoms with van der Waals surface area (Å²) in [6.07, 6.45) is 4.88. The van der Waals surface area contributed by atoms with Crippen LogP contribution in [0.1, 0.15) is 46.5 Å². The van der Waals surface area contributed by atoms with Crippen LogP contribution in [-0.2, 0) is 0 Å². The lowest BCUT2D eigenvalue weighted by molar-refractivity contribution is 0.249. The molecule has 6 nitrogen and oxygen atoms in total. The fraction of sp³-hybridized carbons (Fsp3) is 0.529. The Labute approximate surface area is 137 Å². The van der Waals surface area contributed by atoms with Crippen LogP contribution in [0.4, 0.5) is 21.0 Å². The van der Waals surface area contributed by atoms with Crippen LogP contribution in [0.2, 0.25) is 0 Å². The van der Waals surface area contributed by atoms with Gasteiger partial charge in [0.1, 0.15) is 0 Å². The van der Waals surface area contributed by atoms with Gasteiger partial charge in [-0.05, 0) is 44.5 Å². The van der Waals surface area contributed by atoms with E-state index < -0.39 is 12.1 Å². The number of hydrogen-bond acceptors (Lipinski definition) is 3. The highest BCUT2D eigenvalue weighted by Gasteiger charge is 2.29. The predicted molar refractivity (Wildman–Crippen MR) is 91.2 cm³/mol. The maximum absolute atomic E-state index is 11.5. The van der Waals surface area contributed by atoms with E-state index in [1.165, 1.54) is 19.3 Å². The zero-order valence-electron chi connectivity index (χ0n) is 14.0. The standard InChI is InChI=1S/C17H24N4O2/c1-4-5-6-7-12-20(13(2)3)14-8-10-15(11-9-14)21-16(22)18-19-17(21)23/h8-11,13H,4-7,12H2,1-3H3. The Kier molecular flexibility index (Phi) is 5.84. The van der Waals surface area contributed by atoms with E-state index in [-0.39, 0.29) is 0 Å². The number of anilines is 2. The van der Waals surface area contributed by atoms with E-state index in [0.29, 0.717) is 11.7 Å². The average molecular weight is 316 g/mol. The first-order chi connectivity index (χ1) is 11.0. The Morgan fingerprint density at radius 3 is 2.13 bits per heavy atom. The number of rotatable bonds is 8. The number of carbonyl (C=O) groups is 2. The van der Waals surface area contributed by atoms with E-state index in [0.717, 1.165) is 23.6 Å². The smallest absolute Gasteiger partial charge is 0.369 e. The third-order valence-corrected chi connectivity index (χ3v) is 3.92. The summed E-state index contributed by atoms with van der Waals surface area (Å²) in [6, 6.07) is 6.53.